The first-order valence-corrected chi connectivity index (χ1v) is 8.78. The van der Waals surface area contributed by atoms with Gasteiger partial charge in [-0.1, -0.05) is 68.8 Å². The van der Waals surface area contributed by atoms with Crippen molar-refractivity contribution in [2.75, 3.05) is 0 Å². The number of halogens is 1. The van der Waals surface area contributed by atoms with Crippen LogP contribution in [0, 0.1) is 0 Å². The second kappa shape index (κ2) is 6.96. The van der Waals surface area contributed by atoms with E-state index in [0.29, 0.717) is 17.3 Å². The predicted molar refractivity (Wildman–Crippen MR) is 104 cm³/mol. The summed E-state index contributed by atoms with van der Waals surface area (Å²) in [5.41, 5.74) is 3.94. The second-order valence-electron chi connectivity index (χ2n) is 7.33. The average molecular weight is 369 g/mol. The van der Waals surface area contributed by atoms with E-state index < -0.39 is 5.97 Å². The van der Waals surface area contributed by atoms with Crippen LogP contribution in [-0.4, -0.2) is 20.9 Å². The molecule has 1 aromatic heterocycles. The molecule has 3 aromatic rings. The van der Waals surface area contributed by atoms with Crippen LogP contribution in [0.3, 0.4) is 0 Å². The van der Waals surface area contributed by atoms with E-state index in [9.17, 15) is 9.90 Å². The van der Waals surface area contributed by atoms with Gasteiger partial charge >= 0.3 is 5.97 Å². The zero-order valence-corrected chi connectivity index (χ0v) is 15.8. The number of rotatable bonds is 4. The number of benzene rings is 2. The van der Waals surface area contributed by atoms with Crippen LogP contribution in [0.15, 0.2) is 54.6 Å². The topological polar surface area (TPSA) is 55.1 Å². The summed E-state index contributed by atoms with van der Waals surface area (Å²) in [4.78, 5) is 11.6. The highest BCUT2D eigenvalue weighted by molar-refractivity contribution is 6.30. The van der Waals surface area contributed by atoms with Crippen LogP contribution in [0.4, 0.5) is 0 Å². The molecule has 0 amide bonds. The predicted octanol–water partition coefficient (Wildman–Crippen LogP) is 5.25. The third kappa shape index (κ3) is 3.97. The van der Waals surface area contributed by atoms with Crippen LogP contribution in [-0.2, 0) is 12.0 Å². The van der Waals surface area contributed by atoms with E-state index in [-0.39, 0.29) is 11.1 Å². The first kappa shape index (κ1) is 18.2. The monoisotopic (exact) mass is 368 g/mol. The summed E-state index contributed by atoms with van der Waals surface area (Å²) >= 11 is 5.92. The number of hydrogen-bond donors (Lipinski definition) is 1. The molecule has 0 unspecified atom stereocenters. The Hall–Kier alpha value is -2.59. The fourth-order valence-corrected chi connectivity index (χ4v) is 2.88. The molecular weight excluding hydrogens is 348 g/mol. The molecule has 0 atom stereocenters. The van der Waals surface area contributed by atoms with Crippen LogP contribution in [0.25, 0.3) is 11.3 Å². The minimum atomic E-state index is -0.996. The molecular formula is C21H21ClN2O2. The molecule has 0 radical (unpaired) electrons. The van der Waals surface area contributed by atoms with E-state index in [4.69, 9.17) is 11.6 Å². The first-order chi connectivity index (χ1) is 12.2. The Labute approximate surface area is 158 Å². The third-order valence-corrected chi connectivity index (χ3v) is 4.54. The van der Waals surface area contributed by atoms with E-state index in [0.717, 1.165) is 11.1 Å². The standard InChI is InChI=1S/C21H21ClN2O2/c1-21(2,3)16-8-4-14(5-9-16)13-24-19(20(25)26)12-18(23-24)15-6-10-17(22)11-7-15/h4-12H,13H2,1-3H3,(H,25,26). The number of hydrogen-bond acceptors (Lipinski definition) is 2. The van der Waals surface area contributed by atoms with E-state index in [1.165, 1.54) is 10.2 Å². The number of carboxylic acid groups (broad SMARTS) is 1. The zero-order valence-electron chi connectivity index (χ0n) is 15.0. The van der Waals surface area contributed by atoms with Crippen LogP contribution in [0.5, 0.6) is 0 Å². The van der Waals surface area contributed by atoms with Crippen molar-refractivity contribution in [2.45, 2.75) is 32.7 Å². The first-order valence-electron chi connectivity index (χ1n) is 8.40. The fourth-order valence-electron chi connectivity index (χ4n) is 2.75. The van der Waals surface area contributed by atoms with Crippen LogP contribution >= 0.6 is 11.6 Å². The maximum Gasteiger partial charge on any atom is 0.354 e. The van der Waals surface area contributed by atoms with Crippen molar-refractivity contribution in [2.24, 2.45) is 0 Å². The molecule has 0 saturated carbocycles. The molecule has 4 nitrogen and oxygen atoms in total. The lowest BCUT2D eigenvalue weighted by molar-refractivity contribution is 0.0684. The van der Waals surface area contributed by atoms with E-state index in [1.807, 2.05) is 24.3 Å². The summed E-state index contributed by atoms with van der Waals surface area (Å²) in [6.45, 7) is 6.89. The molecule has 1 heterocycles. The van der Waals surface area contributed by atoms with Crippen molar-refractivity contribution in [3.05, 3.63) is 76.4 Å². The van der Waals surface area contributed by atoms with Gasteiger partial charge in [-0.25, -0.2) is 4.79 Å². The summed E-state index contributed by atoms with van der Waals surface area (Å²) < 4.78 is 1.53. The number of aromatic carboxylic acids is 1. The second-order valence-corrected chi connectivity index (χ2v) is 7.77. The van der Waals surface area contributed by atoms with Crippen molar-refractivity contribution in [1.29, 1.82) is 0 Å². The lowest BCUT2D eigenvalue weighted by Gasteiger charge is -2.19. The normalized spacial score (nSPS) is 11.5. The van der Waals surface area contributed by atoms with Gasteiger partial charge in [-0.2, -0.15) is 5.10 Å². The van der Waals surface area contributed by atoms with Crippen molar-refractivity contribution in [3.8, 4) is 11.3 Å². The van der Waals surface area contributed by atoms with Gasteiger partial charge in [-0.15, -0.1) is 0 Å². The molecule has 0 saturated heterocycles. The molecule has 0 aliphatic heterocycles. The van der Waals surface area contributed by atoms with Gasteiger partial charge in [0, 0.05) is 10.6 Å². The van der Waals surface area contributed by atoms with E-state index in [1.54, 1.807) is 18.2 Å². The van der Waals surface area contributed by atoms with Gasteiger partial charge in [-0.05, 0) is 34.7 Å². The van der Waals surface area contributed by atoms with Gasteiger partial charge in [0.25, 0.3) is 0 Å². The van der Waals surface area contributed by atoms with Gasteiger partial charge in [0.1, 0.15) is 5.69 Å². The fraction of sp³-hybridized carbons (Fsp3) is 0.238. The highest BCUT2D eigenvalue weighted by atomic mass is 35.5. The highest BCUT2D eigenvalue weighted by Crippen LogP contribution is 2.24. The Bertz CT molecular complexity index is 920. The summed E-state index contributed by atoms with van der Waals surface area (Å²) in [5.74, 6) is -0.996. The van der Waals surface area contributed by atoms with Gasteiger partial charge in [0.2, 0.25) is 0 Å². The maximum absolute atomic E-state index is 11.6. The van der Waals surface area contributed by atoms with Crippen molar-refractivity contribution >= 4 is 17.6 Å². The largest absolute Gasteiger partial charge is 0.477 e. The van der Waals surface area contributed by atoms with Crippen molar-refractivity contribution in [1.82, 2.24) is 9.78 Å². The Balaban J connectivity index is 1.91. The van der Waals surface area contributed by atoms with Crippen LogP contribution < -0.4 is 0 Å². The Morgan fingerprint density at radius 2 is 1.69 bits per heavy atom. The van der Waals surface area contributed by atoms with Gasteiger partial charge in [0.15, 0.2) is 0 Å². The van der Waals surface area contributed by atoms with E-state index in [2.05, 4.69) is 38.0 Å². The number of aromatic nitrogens is 2. The van der Waals surface area contributed by atoms with Gasteiger partial charge in [-0.3, -0.25) is 4.68 Å². The Morgan fingerprint density at radius 3 is 2.23 bits per heavy atom. The molecule has 134 valence electrons. The summed E-state index contributed by atoms with van der Waals surface area (Å²) in [6.07, 6.45) is 0. The molecule has 2 aromatic carbocycles. The van der Waals surface area contributed by atoms with Gasteiger partial charge in [0.05, 0.1) is 12.2 Å². The lowest BCUT2D eigenvalue weighted by Crippen LogP contribution is -2.12. The molecule has 0 aliphatic rings. The third-order valence-electron chi connectivity index (χ3n) is 4.29. The quantitative estimate of drug-likeness (QED) is 0.684. The van der Waals surface area contributed by atoms with E-state index >= 15 is 0 Å². The molecule has 0 aliphatic carbocycles. The molecule has 3 rings (SSSR count). The summed E-state index contributed by atoms with van der Waals surface area (Å²) in [5, 5.41) is 14.6. The summed E-state index contributed by atoms with van der Waals surface area (Å²) in [7, 11) is 0. The average Bonchev–Trinajstić information content (AvgIpc) is 2.99. The Morgan fingerprint density at radius 1 is 1.08 bits per heavy atom. The smallest absolute Gasteiger partial charge is 0.354 e. The maximum atomic E-state index is 11.6. The summed E-state index contributed by atoms with van der Waals surface area (Å²) in [6, 6.07) is 17.0. The van der Waals surface area contributed by atoms with Crippen molar-refractivity contribution < 1.29 is 9.90 Å². The molecule has 0 spiro atoms. The van der Waals surface area contributed by atoms with Crippen LogP contribution in [0.2, 0.25) is 5.02 Å². The highest BCUT2D eigenvalue weighted by Gasteiger charge is 2.17. The molecule has 0 fully saturated rings. The molecule has 0 bridgehead atoms. The number of carbonyl (C=O) groups is 1. The number of carboxylic acids is 1. The zero-order chi connectivity index (χ0) is 18.9. The molecule has 5 heteroatoms. The minimum absolute atomic E-state index is 0.0816. The van der Waals surface area contributed by atoms with Crippen LogP contribution in [0.1, 0.15) is 42.4 Å². The Kier molecular flexibility index (Phi) is 4.88. The molecule has 26 heavy (non-hydrogen) atoms. The lowest BCUT2D eigenvalue weighted by atomic mass is 9.87. The minimum Gasteiger partial charge on any atom is -0.477 e. The number of nitrogens with zero attached hydrogens (tertiary/aromatic N) is 2. The van der Waals surface area contributed by atoms with Crippen molar-refractivity contribution in [3.63, 3.8) is 0 Å². The molecule has 1 N–H and O–H groups in total. The van der Waals surface area contributed by atoms with Gasteiger partial charge < -0.3 is 5.11 Å². The SMILES string of the molecule is CC(C)(C)c1ccc(Cn2nc(-c3ccc(Cl)cc3)cc2C(=O)O)cc1.